The highest BCUT2D eigenvalue weighted by Gasteiger charge is 2.17. The Bertz CT molecular complexity index is 655. The van der Waals surface area contributed by atoms with Crippen LogP contribution in [0.1, 0.15) is 22.3 Å². The van der Waals surface area contributed by atoms with E-state index in [0.717, 1.165) is 5.69 Å². The Labute approximate surface area is 118 Å². The third-order valence-corrected chi connectivity index (χ3v) is 3.63. The maximum Gasteiger partial charge on any atom is 0.295 e. The number of nitro groups is 1. The molecule has 0 aliphatic carbocycles. The Kier molecular flexibility index (Phi) is 3.74. The van der Waals surface area contributed by atoms with Crippen molar-refractivity contribution in [2.45, 2.75) is 27.7 Å². The molecule has 2 rings (SSSR count). The summed E-state index contributed by atoms with van der Waals surface area (Å²) in [5.41, 5.74) is 5.76. The van der Waals surface area contributed by atoms with Gasteiger partial charge in [-0.1, -0.05) is 12.1 Å². The van der Waals surface area contributed by atoms with Crippen molar-refractivity contribution in [3.8, 4) is 0 Å². The van der Waals surface area contributed by atoms with Crippen molar-refractivity contribution >= 4 is 17.1 Å². The van der Waals surface area contributed by atoms with E-state index in [2.05, 4.69) is 12.2 Å². The van der Waals surface area contributed by atoms with Crippen molar-refractivity contribution in [1.29, 1.82) is 0 Å². The molecule has 0 heterocycles. The van der Waals surface area contributed by atoms with Crippen molar-refractivity contribution in [2.24, 2.45) is 0 Å². The van der Waals surface area contributed by atoms with Crippen molar-refractivity contribution in [1.82, 2.24) is 0 Å². The first-order valence-corrected chi connectivity index (χ1v) is 6.49. The number of hydrogen-bond donors (Lipinski definition) is 1. The molecule has 1 N–H and O–H groups in total. The number of nitrogens with one attached hydrogen (secondary N) is 1. The Morgan fingerprint density at radius 3 is 2.15 bits per heavy atom. The van der Waals surface area contributed by atoms with Crippen LogP contribution >= 0.6 is 0 Å². The molecule has 4 heteroatoms. The van der Waals surface area contributed by atoms with E-state index in [1.807, 2.05) is 32.0 Å². The standard InChI is InChI=1S/C16H18N2O2/c1-10-6-5-7-15(16(10)18(19)20)17-14-8-11(2)13(4)12(3)9-14/h5-9,17H,1-4H3. The lowest BCUT2D eigenvalue weighted by Gasteiger charge is -2.12. The number of rotatable bonds is 3. The predicted molar refractivity (Wildman–Crippen MR) is 81.8 cm³/mol. The second-order valence-electron chi connectivity index (χ2n) is 5.09. The summed E-state index contributed by atoms with van der Waals surface area (Å²) < 4.78 is 0. The van der Waals surface area contributed by atoms with E-state index in [1.165, 1.54) is 16.7 Å². The fraction of sp³-hybridized carbons (Fsp3) is 0.250. The second kappa shape index (κ2) is 5.33. The van der Waals surface area contributed by atoms with E-state index in [-0.39, 0.29) is 10.6 Å². The minimum Gasteiger partial charge on any atom is -0.350 e. The van der Waals surface area contributed by atoms with Crippen LogP contribution in [0.2, 0.25) is 0 Å². The van der Waals surface area contributed by atoms with Gasteiger partial charge in [0.2, 0.25) is 0 Å². The van der Waals surface area contributed by atoms with Gasteiger partial charge >= 0.3 is 0 Å². The van der Waals surface area contributed by atoms with Crippen LogP contribution in [0.3, 0.4) is 0 Å². The molecule has 0 fully saturated rings. The Morgan fingerprint density at radius 2 is 1.60 bits per heavy atom. The molecule has 0 amide bonds. The van der Waals surface area contributed by atoms with Crippen LogP contribution in [-0.4, -0.2) is 4.92 Å². The molecule has 0 atom stereocenters. The lowest BCUT2D eigenvalue weighted by molar-refractivity contribution is -0.384. The number of aryl methyl sites for hydroxylation is 3. The molecular weight excluding hydrogens is 252 g/mol. The topological polar surface area (TPSA) is 55.2 Å². The fourth-order valence-corrected chi connectivity index (χ4v) is 2.27. The Hall–Kier alpha value is -2.36. The molecule has 0 spiro atoms. The number of nitrogens with zero attached hydrogens (tertiary/aromatic N) is 1. The normalized spacial score (nSPS) is 10.4. The van der Waals surface area contributed by atoms with Crippen LogP contribution in [0.5, 0.6) is 0 Å². The average Bonchev–Trinajstić information content (AvgIpc) is 2.35. The molecular formula is C16H18N2O2. The van der Waals surface area contributed by atoms with Gasteiger partial charge in [0.25, 0.3) is 5.69 Å². The molecule has 2 aromatic carbocycles. The van der Waals surface area contributed by atoms with Crippen LogP contribution in [0, 0.1) is 37.8 Å². The Morgan fingerprint density at radius 1 is 1.00 bits per heavy atom. The molecule has 0 aliphatic heterocycles. The van der Waals surface area contributed by atoms with Crippen LogP contribution < -0.4 is 5.32 Å². The van der Waals surface area contributed by atoms with E-state index in [1.54, 1.807) is 19.1 Å². The number of benzene rings is 2. The molecule has 2 aromatic rings. The van der Waals surface area contributed by atoms with Gasteiger partial charge in [-0.15, -0.1) is 0 Å². The van der Waals surface area contributed by atoms with E-state index in [4.69, 9.17) is 0 Å². The Balaban J connectivity index is 2.45. The van der Waals surface area contributed by atoms with Crippen LogP contribution in [0.25, 0.3) is 0 Å². The van der Waals surface area contributed by atoms with Gasteiger partial charge in [0.15, 0.2) is 0 Å². The molecule has 0 radical (unpaired) electrons. The number of hydrogen-bond acceptors (Lipinski definition) is 3. The maximum atomic E-state index is 11.2. The number of nitro benzene ring substituents is 1. The minimum absolute atomic E-state index is 0.128. The van der Waals surface area contributed by atoms with Gasteiger partial charge in [-0.05, 0) is 62.6 Å². The highest BCUT2D eigenvalue weighted by Crippen LogP contribution is 2.31. The first-order chi connectivity index (χ1) is 9.40. The largest absolute Gasteiger partial charge is 0.350 e. The van der Waals surface area contributed by atoms with Crippen LogP contribution in [0.4, 0.5) is 17.1 Å². The van der Waals surface area contributed by atoms with E-state index < -0.39 is 0 Å². The van der Waals surface area contributed by atoms with Gasteiger partial charge in [0.1, 0.15) is 5.69 Å². The lowest BCUT2D eigenvalue weighted by atomic mass is 10.0. The summed E-state index contributed by atoms with van der Waals surface area (Å²) in [6.45, 7) is 7.90. The summed E-state index contributed by atoms with van der Waals surface area (Å²) in [5, 5.41) is 14.3. The highest BCUT2D eigenvalue weighted by molar-refractivity contribution is 5.72. The van der Waals surface area contributed by atoms with E-state index in [9.17, 15) is 10.1 Å². The predicted octanol–water partition coefficient (Wildman–Crippen LogP) is 4.57. The summed E-state index contributed by atoms with van der Waals surface area (Å²) in [5.74, 6) is 0. The molecule has 0 unspecified atom stereocenters. The van der Waals surface area contributed by atoms with Gasteiger partial charge in [0, 0.05) is 11.3 Å². The SMILES string of the molecule is Cc1cc(Nc2cccc(C)c2[N+](=O)[O-])cc(C)c1C. The third-order valence-electron chi connectivity index (χ3n) is 3.63. The molecule has 0 bridgehead atoms. The zero-order valence-corrected chi connectivity index (χ0v) is 12.2. The maximum absolute atomic E-state index is 11.2. The summed E-state index contributed by atoms with van der Waals surface area (Å²) in [7, 11) is 0. The summed E-state index contributed by atoms with van der Waals surface area (Å²) >= 11 is 0. The lowest BCUT2D eigenvalue weighted by Crippen LogP contribution is -2.00. The van der Waals surface area contributed by atoms with Crippen molar-refractivity contribution < 1.29 is 4.92 Å². The van der Waals surface area contributed by atoms with Crippen molar-refractivity contribution in [3.05, 3.63) is 62.7 Å². The molecule has 20 heavy (non-hydrogen) atoms. The van der Waals surface area contributed by atoms with Gasteiger partial charge < -0.3 is 5.32 Å². The van der Waals surface area contributed by atoms with Gasteiger partial charge in [-0.3, -0.25) is 10.1 Å². The first-order valence-electron chi connectivity index (χ1n) is 6.49. The van der Waals surface area contributed by atoms with Gasteiger partial charge in [-0.2, -0.15) is 0 Å². The van der Waals surface area contributed by atoms with Crippen molar-refractivity contribution in [2.75, 3.05) is 5.32 Å². The summed E-state index contributed by atoms with van der Waals surface area (Å²) in [6.07, 6.45) is 0. The van der Waals surface area contributed by atoms with Gasteiger partial charge in [-0.25, -0.2) is 0 Å². The zero-order valence-electron chi connectivity index (χ0n) is 12.2. The minimum atomic E-state index is -0.342. The van der Waals surface area contributed by atoms with Gasteiger partial charge in [0.05, 0.1) is 4.92 Å². The fourth-order valence-electron chi connectivity index (χ4n) is 2.27. The smallest absolute Gasteiger partial charge is 0.295 e. The average molecular weight is 270 g/mol. The second-order valence-corrected chi connectivity index (χ2v) is 5.09. The molecule has 4 nitrogen and oxygen atoms in total. The molecule has 0 saturated carbocycles. The third kappa shape index (κ3) is 2.64. The summed E-state index contributed by atoms with van der Waals surface area (Å²) in [4.78, 5) is 10.8. The number of anilines is 2. The highest BCUT2D eigenvalue weighted by atomic mass is 16.6. The van der Waals surface area contributed by atoms with Crippen LogP contribution in [-0.2, 0) is 0 Å². The monoisotopic (exact) mass is 270 g/mol. The molecule has 0 aliphatic rings. The van der Waals surface area contributed by atoms with E-state index >= 15 is 0 Å². The molecule has 0 saturated heterocycles. The first kappa shape index (κ1) is 14.1. The molecule has 0 aromatic heterocycles. The van der Waals surface area contributed by atoms with Crippen LogP contribution in [0.15, 0.2) is 30.3 Å². The molecule has 104 valence electrons. The quantitative estimate of drug-likeness (QED) is 0.656. The van der Waals surface area contributed by atoms with Crippen molar-refractivity contribution in [3.63, 3.8) is 0 Å². The summed E-state index contributed by atoms with van der Waals surface area (Å²) in [6, 6.07) is 9.31. The van der Waals surface area contributed by atoms with E-state index in [0.29, 0.717) is 11.3 Å². The zero-order chi connectivity index (χ0) is 14.9. The number of para-hydroxylation sites is 1.